The van der Waals surface area contributed by atoms with Crippen molar-refractivity contribution in [3.05, 3.63) is 18.0 Å². The highest BCUT2D eigenvalue weighted by atomic mass is 16.4. The van der Waals surface area contributed by atoms with E-state index in [-0.39, 0.29) is 5.41 Å². The zero-order chi connectivity index (χ0) is 12.9. The van der Waals surface area contributed by atoms with Crippen molar-refractivity contribution in [2.75, 3.05) is 0 Å². The molecule has 0 radical (unpaired) electrons. The zero-order valence-electron chi connectivity index (χ0n) is 10.8. The third kappa shape index (κ3) is 4.09. The molecule has 0 amide bonds. The second-order valence-corrected chi connectivity index (χ2v) is 5.05. The third-order valence-corrected chi connectivity index (χ3v) is 3.01. The second-order valence-electron chi connectivity index (χ2n) is 5.05. The van der Waals surface area contributed by atoms with Crippen LogP contribution in [0.25, 0.3) is 0 Å². The summed E-state index contributed by atoms with van der Waals surface area (Å²) in [6, 6.07) is 2.00. The van der Waals surface area contributed by atoms with Crippen molar-refractivity contribution in [3.8, 4) is 0 Å². The number of amidine groups is 1. The van der Waals surface area contributed by atoms with Crippen LogP contribution in [0.5, 0.6) is 0 Å². The molecular weight excluding hydrogens is 216 g/mol. The van der Waals surface area contributed by atoms with Crippen LogP contribution < -0.4 is 5.73 Å². The minimum Gasteiger partial charge on any atom is -0.409 e. The normalized spacial score (nSPS) is 13.0. The van der Waals surface area contributed by atoms with Gasteiger partial charge in [0.05, 0.1) is 5.69 Å². The lowest BCUT2D eigenvalue weighted by Crippen LogP contribution is -2.31. The molecule has 1 aromatic heterocycles. The molecule has 0 aromatic carbocycles. The number of nitrogens with two attached hydrogens (primary N) is 1. The molecule has 0 spiro atoms. The van der Waals surface area contributed by atoms with Crippen LogP contribution in [0.4, 0.5) is 0 Å². The van der Waals surface area contributed by atoms with E-state index in [0.717, 1.165) is 31.5 Å². The van der Waals surface area contributed by atoms with Crippen molar-refractivity contribution < 1.29 is 5.21 Å². The van der Waals surface area contributed by atoms with E-state index in [1.165, 1.54) is 0 Å². The van der Waals surface area contributed by atoms with Gasteiger partial charge in [0, 0.05) is 18.2 Å². The number of aryl methyl sites for hydroxylation is 2. The fourth-order valence-electron chi connectivity index (χ4n) is 1.69. The van der Waals surface area contributed by atoms with Gasteiger partial charge in [-0.2, -0.15) is 5.10 Å². The Hall–Kier alpha value is -1.52. The summed E-state index contributed by atoms with van der Waals surface area (Å²) in [4.78, 5) is 0. The maximum absolute atomic E-state index is 8.66. The van der Waals surface area contributed by atoms with Gasteiger partial charge in [0.1, 0.15) is 5.84 Å². The summed E-state index contributed by atoms with van der Waals surface area (Å²) in [5.41, 5.74) is 6.43. The molecule has 1 rings (SSSR count). The van der Waals surface area contributed by atoms with Crippen LogP contribution in [0, 0.1) is 12.3 Å². The van der Waals surface area contributed by atoms with Crippen LogP contribution in [0.1, 0.15) is 38.8 Å². The van der Waals surface area contributed by atoms with E-state index in [0.29, 0.717) is 5.84 Å². The van der Waals surface area contributed by atoms with Crippen molar-refractivity contribution in [3.63, 3.8) is 0 Å². The van der Waals surface area contributed by atoms with Crippen LogP contribution in [-0.2, 0) is 6.54 Å². The molecule has 0 saturated carbocycles. The molecule has 3 N–H and O–H groups in total. The summed E-state index contributed by atoms with van der Waals surface area (Å²) in [7, 11) is 0. The molecule has 5 nitrogen and oxygen atoms in total. The van der Waals surface area contributed by atoms with Crippen molar-refractivity contribution in [1.82, 2.24) is 9.78 Å². The highest BCUT2D eigenvalue weighted by molar-refractivity contribution is 5.85. The zero-order valence-corrected chi connectivity index (χ0v) is 10.8. The maximum Gasteiger partial charge on any atom is 0.144 e. The van der Waals surface area contributed by atoms with E-state index in [2.05, 4.69) is 10.3 Å². The predicted molar refractivity (Wildman–Crippen MR) is 68.0 cm³/mol. The Kier molecular flexibility index (Phi) is 4.54. The lowest BCUT2D eigenvalue weighted by Gasteiger charge is -2.22. The molecule has 0 fully saturated rings. The van der Waals surface area contributed by atoms with Gasteiger partial charge in [0.15, 0.2) is 0 Å². The number of nitrogens with zero attached hydrogens (tertiary/aromatic N) is 3. The molecule has 96 valence electrons. The molecule has 1 heterocycles. The monoisotopic (exact) mass is 238 g/mol. The second kappa shape index (κ2) is 5.70. The minimum absolute atomic E-state index is 0.241. The first kappa shape index (κ1) is 13.5. The highest BCUT2D eigenvalue weighted by Crippen LogP contribution is 2.23. The van der Waals surface area contributed by atoms with Crippen LogP contribution in [-0.4, -0.2) is 20.8 Å². The number of oxime groups is 1. The van der Waals surface area contributed by atoms with E-state index < -0.39 is 0 Å². The van der Waals surface area contributed by atoms with Crippen molar-refractivity contribution >= 4 is 5.84 Å². The average Bonchev–Trinajstić information content (AvgIpc) is 2.69. The van der Waals surface area contributed by atoms with Gasteiger partial charge in [-0.1, -0.05) is 25.4 Å². The van der Waals surface area contributed by atoms with Gasteiger partial charge in [0.2, 0.25) is 0 Å². The van der Waals surface area contributed by atoms with E-state index >= 15 is 0 Å². The van der Waals surface area contributed by atoms with Crippen LogP contribution in [0.15, 0.2) is 17.4 Å². The first-order chi connectivity index (χ1) is 7.95. The van der Waals surface area contributed by atoms with E-state index in [4.69, 9.17) is 10.9 Å². The number of aromatic nitrogens is 2. The Labute approximate surface area is 102 Å². The first-order valence-electron chi connectivity index (χ1n) is 5.94. The number of hydrogen-bond acceptors (Lipinski definition) is 3. The summed E-state index contributed by atoms with van der Waals surface area (Å²) >= 11 is 0. The van der Waals surface area contributed by atoms with Crippen molar-refractivity contribution in [2.45, 2.75) is 46.6 Å². The summed E-state index contributed by atoms with van der Waals surface area (Å²) in [6.07, 6.45) is 4.97. The SMILES string of the molecule is Cc1ccn(CCCCC(C)(C)/C(N)=N/O)n1. The Morgan fingerprint density at radius 2 is 2.24 bits per heavy atom. The van der Waals surface area contributed by atoms with Crippen molar-refractivity contribution in [1.29, 1.82) is 0 Å². The Morgan fingerprint density at radius 1 is 1.53 bits per heavy atom. The van der Waals surface area contributed by atoms with Gasteiger partial charge < -0.3 is 10.9 Å². The van der Waals surface area contributed by atoms with E-state index in [9.17, 15) is 0 Å². The molecule has 0 unspecified atom stereocenters. The largest absolute Gasteiger partial charge is 0.409 e. The molecule has 0 aliphatic rings. The lowest BCUT2D eigenvalue weighted by atomic mass is 9.86. The van der Waals surface area contributed by atoms with Crippen molar-refractivity contribution in [2.24, 2.45) is 16.3 Å². The smallest absolute Gasteiger partial charge is 0.144 e. The first-order valence-corrected chi connectivity index (χ1v) is 5.94. The Bertz CT molecular complexity index is 382. The number of unbranched alkanes of at least 4 members (excludes halogenated alkanes) is 1. The predicted octanol–water partition coefficient (Wildman–Crippen LogP) is 2.13. The quantitative estimate of drug-likeness (QED) is 0.262. The van der Waals surface area contributed by atoms with Gasteiger partial charge in [-0.15, -0.1) is 0 Å². The van der Waals surface area contributed by atoms with Gasteiger partial charge >= 0.3 is 0 Å². The third-order valence-electron chi connectivity index (χ3n) is 3.01. The van der Waals surface area contributed by atoms with Gasteiger partial charge in [-0.05, 0) is 25.8 Å². The molecule has 0 aliphatic carbocycles. The van der Waals surface area contributed by atoms with Gasteiger partial charge in [-0.3, -0.25) is 4.68 Å². The highest BCUT2D eigenvalue weighted by Gasteiger charge is 2.22. The molecule has 17 heavy (non-hydrogen) atoms. The minimum atomic E-state index is -0.241. The van der Waals surface area contributed by atoms with Gasteiger partial charge in [-0.25, -0.2) is 0 Å². The average molecular weight is 238 g/mol. The Balaban J connectivity index is 2.29. The number of rotatable bonds is 6. The molecule has 0 atom stereocenters. The molecule has 0 bridgehead atoms. The topological polar surface area (TPSA) is 76.4 Å². The Morgan fingerprint density at radius 3 is 2.76 bits per heavy atom. The number of hydrogen-bond donors (Lipinski definition) is 2. The summed E-state index contributed by atoms with van der Waals surface area (Å²) in [6.45, 7) is 6.87. The fraction of sp³-hybridized carbons (Fsp3) is 0.667. The maximum atomic E-state index is 8.66. The lowest BCUT2D eigenvalue weighted by molar-refractivity contribution is 0.304. The summed E-state index contributed by atoms with van der Waals surface area (Å²) in [5.74, 6) is 0.299. The van der Waals surface area contributed by atoms with Crippen LogP contribution >= 0.6 is 0 Å². The van der Waals surface area contributed by atoms with E-state index in [1.807, 2.05) is 37.7 Å². The fourth-order valence-corrected chi connectivity index (χ4v) is 1.69. The standard InChI is InChI=1S/C12H22N4O/c1-10-6-9-16(14-10)8-5-4-7-12(2,3)11(13)15-17/h6,9,17H,4-5,7-8H2,1-3H3,(H2,13,15). The van der Waals surface area contributed by atoms with Crippen LogP contribution in [0.3, 0.4) is 0 Å². The van der Waals surface area contributed by atoms with E-state index in [1.54, 1.807) is 0 Å². The summed E-state index contributed by atoms with van der Waals surface area (Å²) in [5, 5.41) is 16.1. The molecular formula is C12H22N4O. The van der Waals surface area contributed by atoms with Crippen LogP contribution in [0.2, 0.25) is 0 Å². The summed E-state index contributed by atoms with van der Waals surface area (Å²) < 4.78 is 1.95. The molecule has 5 heteroatoms. The van der Waals surface area contributed by atoms with Gasteiger partial charge in [0.25, 0.3) is 0 Å². The molecule has 0 aliphatic heterocycles. The molecule has 0 saturated heterocycles. The molecule has 1 aromatic rings.